The number of nitro benzene ring substituents is 1. The Morgan fingerprint density at radius 3 is 2.37 bits per heavy atom. The molecule has 1 aromatic rings. The zero-order valence-corrected chi connectivity index (χ0v) is 10.4. The van der Waals surface area contributed by atoms with Crippen molar-refractivity contribution >= 4 is 21.2 Å². The molecule has 0 aliphatic heterocycles. The molecule has 0 aliphatic rings. The van der Waals surface area contributed by atoms with E-state index in [9.17, 15) is 31.7 Å². The SMILES string of the molecule is CCNc1ccc(S(=O)(=O)C(F)(F)F)c([N+](=O)[O-])c1. The molecule has 1 N–H and O–H groups in total. The average molecular weight is 298 g/mol. The van der Waals surface area contributed by atoms with Gasteiger partial charge in [-0.1, -0.05) is 0 Å². The summed E-state index contributed by atoms with van der Waals surface area (Å²) >= 11 is 0. The fourth-order valence-corrected chi connectivity index (χ4v) is 2.23. The van der Waals surface area contributed by atoms with Crippen LogP contribution in [-0.2, 0) is 9.84 Å². The van der Waals surface area contributed by atoms with Crippen molar-refractivity contribution in [3.63, 3.8) is 0 Å². The van der Waals surface area contributed by atoms with Crippen LogP contribution in [0.15, 0.2) is 23.1 Å². The molecule has 0 atom stereocenters. The van der Waals surface area contributed by atoms with Crippen molar-refractivity contribution in [3.8, 4) is 0 Å². The summed E-state index contributed by atoms with van der Waals surface area (Å²) in [6, 6.07) is 2.36. The summed E-state index contributed by atoms with van der Waals surface area (Å²) < 4.78 is 59.6. The second-order valence-corrected chi connectivity index (χ2v) is 5.33. The lowest BCUT2D eigenvalue weighted by Crippen LogP contribution is -2.24. The normalized spacial score (nSPS) is 12.2. The van der Waals surface area contributed by atoms with Crippen LogP contribution in [0.5, 0.6) is 0 Å². The van der Waals surface area contributed by atoms with Crippen molar-refractivity contribution in [1.29, 1.82) is 0 Å². The minimum atomic E-state index is -5.75. The molecule has 10 heteroatoms. The number of hydrogen-bond donors (Lipinski definition) is 1. The van der Waals surface area contributed by atoms with Gasteiger partial charge in [0.1, 0.15) is 0 Å². The number of nitro groups is 1. The van der Waals surface area contributed by atoms with E-state index in [0.717, 1.165) is 12.1 Å². The fourth-order valence-electron chi connectivity index (χ4n) is 1.33. The first-order chi connectivity index (χ1) is 8.61. The Bertz CT molecular complexity index is 598. The minimum absolute atomic E-state index is 0.162. The molecular formula is C9H9F3N2O4S. The predicted molar refractivity (Wildman–Crippen MR) is 60.5 cm³/mol. The van der Waals surface area contributed by atoms with Crippen LogP contribution in [0.4, 0.5) is 24.5 Å². The van der Waals surface area contributed by atoms with E-state index in [1.807, 2.05) is 0 Å². The number of halogens is 3. The van der Waals surface area contributed by atoms with Gasteiger partial charge in [0.25, 0.3) is 15.5 Å². The van der Waals surface area contributed by atoms with Crippen LogP contribution in [0.2, 0.25) is 0 Å². The molecule has 0 spiro atoms. The van der Waals surface area contributed by atoms with E-state index in [-0.39, 0.29) is 5.69 Å². The van der Waals surface area contributed by atoms with E-state index < -0.39 is 30.9 Å². The molecule has 0 saturated heterocycles. The number of nitrogens with zero attached hydrogens (tertiary/aromatic N) is 1. The molecule has 0 heterocycles. The first-order valence-corrected chi connectivity index (χ1v) is 6.43. The number of anilines is 1. The standard InChI is InChI=1S/C9H9F3N2O4S/c1-2-13-6-3-4-8(7(5-6)14(15)16)19(17,18)9(10,11)12/h3-5,13H,2H2,1H3. The summed E-state index contributed by atoms with van der Waals surface area (Å²) in [4.78, 5) is 8.16. The zero-order valence-electron chi connectivity index (χ0n) is 9.56. The van der Waals surface area contributed by atoms with Crippen molar-refractivity contribution in [2.24, 2.45) is 0 Å². The summed E-state index contributed by atoms with van der Waals surface area (Å²) in [6.07, 6.45) is 0. The van der Waals surface area contributed by atoms with Gasteiger partial charge in [-0.3, -0.25) is 10.1 Å². The Kier molecular flexibility index (Phi) is 4.03. The topological polar surface area (TPSA) is 89.3 Å². The molecule has 0 bridgehead atoms. The number of sulfone groups is 1. The van der Waals surface area contributed by atoms with Gasteiger partial charge in [0.15, 0.2) is 4.90 Å². The molecule has 0 radical (unpaired) electrons. The van der Waals surface area contributed by atoms with Crippen LogP contribution in [0, 0.1) is 10.1 Å². The Hall–Kier alpha value is -1.84. The first-order valence-electron chi connectivity index (χ1n) is 4.95. The number of rotatable bonds is 4. The molecule has 106 valence electrons. The molecule has 19 heavy (non-hydrogen) atoms. The van der Waals surface area contributed by atoms with E-state index in [0.29, 0.717) is 12.6 Å². The van der Waals surface area contributed by atoms with Crippen LogP contribution >= 0.6 is 0 Å². The van der Waals surface area contributed by atoms with Gasteiger partial charge in [0.05, 0.1) is 4.92 Å². The van der Waals surface area contributed by atoms with Crippen molar-refractivity contribution in [2.45, 2.75) is 17.3 Å². The van der Waals surface area contributed by atoms with Crippen molar-refractivity contribution in [2.75, 3.05) is 11.9 Å². The Morgan fingerprint density at radius 1 is 1.37 bits per heavy atom. The van der Waals surface area contributed by atoms with Crippen molar-refractivity contribution in [3.05, 3.63) is 28.3 Å². The number of nitrogens with one attached hydrogen (secondary N) is 1. The first kappa shape index (κ1) is 15.2. The van der Waals surface area contributed by atoms with Gasteiger partial charge in [-0.05, 0) is 19.1 Å². The lowest BCUT2D eigenvalue weighted by molar-refractivity contribution is -0.387. The molecular weight excluding hydrogens is 289 g/mol. The highest BCUT2D eigenvalue weighted by molar-refractivity contribution is 7.92. The molecule has 0 aliphatic carbocycles. The van der Waals surface area contributed by atoms with Crippen LogP contribution < -0.4 is 5.32 Å². The van der Waals surface area contributed by atoms with E-state index >= 15 is 0 Å². The average Bonchev–Trinajstić information content (AvgIpc) is 2.27. The minimum Gasteiger partial charge on any atom is -0.385 e. The van der Waals surface area contributed by atoms with Crippen LogP contribution in [-0.4, -0.2) is 25.4 Å². The highest BCUT2D eigenvalue weighted by Gasteiger charge is 2.49. The van der Waals surface area contributed by atoms with Crippen molar-refractivity contribution < 1.29 is 26.5 Å². The quantitative estimate of drug-likeness (QED) is 0.680. The third-order valence-electron chi connectivity index (χ3n) is 2.13. The van der Waals surface area contributed by atoms with E-state index in [1.54, 1.807) is 6.92 Å². The molecule has 6 nitrogen and oxygen atoms in total. The number of alkyl halides is 3. The monoisotopic (exact) mass is 298 g/mol. The van der Waals surface area contributed by atoms with E-state index in [2.05, 4.69) is 5.32 Å². The molecule has 0 saturated carbocycles. The molecule has 0 amide bonds. The van der Waals surface area contributed by atoms with Crippen LogP contribution in [0.1, 0.15) is 6.92 Å². The lowest BCUT2D eigenvalue weighted by Gasteiger charge is -2.10. The number of benzene rings is 1. The number of hydrogen-bond acceptors (Lipinski definition) is 5. The third-order valence-corrected chi connectivity index (χ3v) is 3.66. The van der Waals surface area contributed by atoms with Crippen LogP contribution in [0.25, 0.3) is 0 Å². The summed E-state index contributed by atoms with van der Waals surface area (Å²) in [5.41, 5.74) is -6.54. The maximum Gasteiger partial charge on any atom is 0.502 e. The second-order valence-electron chi connectivity index (χ2n) is 3.42. The lowest BCUT2D eigenvalue weighted by atomic mass is 10.3. The zero-order chi connectivity index (χ0) is 14.8. The molecule has 0 fully saturated rings. The Morgan fingerprint density at radius 2 is 1.95 bits per heavy atom. The van der Waals surface area contributed by atoms with Gasteiger partial charge in [0.2, 0.25) is 0 Å². The van der Waals surface area contributed by atoms with E-state index in [4.69, 9.17) is 0 Å². The molecule has 1 aromatic carbocycles. The molecule has 1 rings (SSSR count). The smallest absolute Gasteiger partial charge is 0.385 e. The second kappa shape index (κ2) is 5.03. The summed E-state index contributed by atoms with van der Waals surface area (Å²) in [5.74, 6) is 0. The summed E-state index contributed by atoms with van der Waals surface area (Å²) in [6.45, 7) is 2.05. The van der Waals surface area contributed by atoms with Gasteiger partial charge in [0, 0.05) is 18.3 Å². The Balaban J connectivity index is 3.49. The largest absolute Gasteiger partial charge is 0.502 e. The fraction of sp³-hybridized carbons (Fsp3) is 0.333. The molecule has 0 unspecified atom stereocenters. The maximum absolute atomic E-state index is 12.4. The maximum atomic E-state index is 12.4. The Labute approximate surface area is 106 Å². The summed E-state index contributed by atoms with van der Waals surface area (Å²) in [5, 5.41) is 13.3. The molecule has 0 aromatic heterocycles. The van der Waals surface area contributed by atoms with Gasteiger partial charge in [-0.25, -0.2) is 8.42 Å². The predicted octanol–water partition coefficient (Wildman–Crippen LogP) is 2.32. The van der Waals surface area contributed by atoms with Crippen LogP contribution in [0.3, 0.4) is 0 Å². The van der Waals surface area contributed by atoms with Gasteiger partial charge >= 0.3 is 5.51 Å². The highest BCUT2D eigenvalue weighted by atomic mass is 32.2. The highest BCUT2D eigenvalue weighted by Crippen LogP contribution is 2.36. The van der Waals surface area contributed by atoms with Gasteiger partial charge in [-0.15, -0.1) is 0 Å². The van der Waals surface area contributed by atoms with Crippen molar-refractivity contribution in [1.82, 2.24) is 0 Å². The van der Waals surface area contributed by atoms with Gasteiger partial charge < -0.3 is 5.32 Å². The third kappa shape index (κ3) is 2.95. The summed E-state index contributed by atoms with van der Waals surface area (Å²) in [7, 11) is -5.75. The van der Waals surface area contributed by atoms with E-state index in [1.165, 1.54) is 0 Å². The van der Waals surface area contributed by atoms with Gasteiger partial charge in [-0.2, -0.15) is 13.2 Å².